The number of likely N-dealkylation sites (N-methyl/N-ethyl adjacent to an activating group) is 1. The molecule has 1 atom stereocenters. The van der Waals surface area contributed by atoms with Crippen LogP contribution in [0.4, 0.5) is 5.69 Å². The summed E-state index contributed by atoms with van der Waals surface area (Å²) in [6.45, 7) is 2.19. The van der Waals surface area contributed by atoms with E-state index in [0.29, 0.717) is 11.2 Å². The Morgan fingerprint density at radius 1 is 1.67 bits per heavy atom. The third-order valence-corrected chi connectivity index (χ3v) is 3.15. The maximum atomic E-state index is 5.81. The number of hydrogen-bond donors (Lipinski definition) is 1. The van der Waals surface area contributed by atoms with Gasteiger partial charge in [0.15, 0.2) is 0 Å². The summed E-state index contributed by atoms with van der Waals surface area (Å²) in [5.41, 5.74) is 1.05. The molecule has 2 rings (SSSR count). The SMILES string of the molecule is CN1CCCC1CNc1ccnc(Cl)c1. The van der Waals surface area contributed by atoms with Gasteiger partial charge in [0, 0.05) is 24.5 Å². The summed E-state index contributed by atoms with van der Waals surface area (Å²) in [4.78, 5) is 6.35. The van der Waals surface area contributed by atoms with Gasteiger partial charge in [0.1, 0.15) is 5.15 Å². The second kappa shape index (κ2) is 4.81. The van der Waals surface area contributed by atoms with E-state index in [1.807, 2.05) is 12.1 Å². The number of halogens is 1. The average molecular weight is 226 g/mol. The van der Waals surface area contributed by atoms with Crippen LogP contribution in [0.1, 0.15) is 12.8 Å². The van der Waals surface area contributed by atoms with Crippen LogP contribution in [-0.4, -0.2) is 36.1 Å². The van der Waals surface area contributed by atoms with E-state index in [1.165, 1.54) is 19.4 Å². The van der Waals surface area contributed by atoms with Crippen molar-refractivity contribution in [1.29, 1.82) is 0 Å². The molecule has 0 amide bonds. The fraction of sp³-hybridized carbons (Fsp3) is 0.545. The standard InChI is InChI=1S/C11H16ClN3/c1-15-6-2-3-10(15)8-14-9-4-5-13-11(12)7-9/h4-5,7,10H,2-3,6,8H2,1H3,(H,13,14). The molecule has 1 aromatic heterocycles. The number of nitrogens with one attached hydrogen (secondary N) is 1. The van der Waals surface area contributed by atoms with E-state index in [9.17, 15) is 0 Å². The van der Waals surface area contributed by atoms with Crippen LogP contribution < -0.4 is 5.32 Å². The number of hydrogen-bond acceptors (Lipinski definition) is 3. The van der Waals surface area contributed by atoms with Crippen LogP contribution in [0.2, 0.25) is 5.15 Å². The Labute approximate surface area is 95.4 Å². The second-order valence-electron chi connectivity index (χ2n) is 4.02. The molecule has 1 aliphatic rings. The molecule has 3 nitrogen and oxygen atoms in total. The van der Waals surface area contributed by atoms with Crippen molar-refractivity contribution in [2.45, 2.75) is 18.9 Å². The lowest BCUT2D eigenvalue weighted by Gasteiger charge is -2.20. The second-order valence-corrected chi connectivity index (χ2v) is 4.41. The van der Waals surface area contributed by atoms with Crippen LogP contribution in [0.25, 0.3) is 0 Å². The molecule has 15 heavy (non-hydrogen) atoms. The smallest absolute Gasteiger partial charge is 0.131 e. The van der Waals surface area contributed by atoms with E-state index in [-0.39, 0.29) is 0 Å². The highest BCUT2D eigenvalue weighted by Crippen LogP contribution is 2.17. The number of nitrogens with zero attached hydrogens (tertiary/aromatic N) is 2. The molecule has 0 saturated carbocycles. The predicted molar refractivity (Wildman–Crippen MR) is 63.4 cm³/mol. The van der Waals surface area contributed by atoms with Gasteiger partial charge in [0.05, 0.1) is 0 Å². The molecule has 0 aromatic carbocycles. The number of anilines is 1. The number of likely N-dealkylation sites (tertiary alicyclic amines) is 1. The van der Waals surface area contributed by atoms with Crippen molar-refractivity contribution in [2.24, 2.45) is 0 Å². The first-order chi connectivity index (χ1) is 7.25. The molecule has 4 heteroatoms. The van der Waals surface area contributed by atoms with Crippen molar-refractivity contribution in [2.75, 3.05) is 25.5 Å². The highest BCUT2D eigenvalue weighted by molar-refractivity contribution is 6.29. The minimum absolute atomic E-state index is 0.541. The van der Waals surface area contributed by atoms with Crippen LogP contribution in [0.3, 0.4) is 0 Å². The first-order valence-corrected chi connectivity index (χ1v) is 5.69. The third-order valence-electron chi connectivity index (χ3n) is 2.94. The van der Waals surface area contributed by atoms with Gasteiger partial charge in [-0.1, -0.05) is 11.6 Å². The molecule has 0 radical (unpaired) electrons. The fourth-order valence-corrected chi connectivity index (χ4v) is 2.16. The maximum Gasteiger partial charge on any atom is 0.131 e. The van der Waals surface area contributed by atoms with Gasteiger partial charge in [0.25, 0.3) is 0 Å². The third kappa shape index (κ3) is 2.83. The quantitative estimate of drug-likeness (QED) is 0.800. The number of rotatable bonds is 3. The molecular formula is C11H16ClN3. The van der Waals surface area contributed by atoms with Crippen molar-refractivity contribution in [3.8, 4) is 0 Å². The van der Waals surface area contributed by atoms with E-state index >= 15 is 0 Å². The monoisotopic (exact) mass is 225 g/mol. The van der Waals surface area contributed by atoms with Gasteiger partial charge in [-0.15, -0.1) is 0 Å². The summed E-state index contributed by atoms with van der Waals surface area (Å²) in [6, 6.07) is 4.45. The van der Waals surface area contributed by atoms with Gasteiger partial charge in [-0.25, -0.2) is 4.98 Å². The lowest BCUT2D eigenvalue weighted by Crippen LogP contribution is -2.31. The maximum absolute atomic E-state index is 5.81. The Kier molecular flexibility index (Phi) is 3.44. The molecule has 82 valence electrons. The summed E-state index contributed by atoms with van der Waals surface area (Å²) >= 11 is 5.81. The summed E-state index contributed by atoms with van der Waals surface area (Å²) in [7, 11) is 2.18. The lowest BCUT2D eigenvalue weighted by molar-refractivity contribution is 0.322. The molecule has 1 aliphatic heterocycles. The molecule has 0 aliphatic carbocycles. The minimum atomic E-state index is 0.541. The summed E-state index contributed by atoms with van der Waals surface area (Å²) < 4.78 is 0. The van der Waals surface area contributed by atoms with Crippen molar-refractivity contribution in [3.63, 3.8) is 0 Å². The molecule has 1 saturated heterocycles. The van der Waals surface area contributed by atoms with Gasteiger partial charge in [-0.3, -0.25) is 0 Å². The molecule has 1 fully saturated rings. The van der Waals surface area contributed by atoms with Crippen LogP contribution in [0, 0.1) is 0 Å². The highest BCUT2D eigenvalue weighted by Gasteiger charge is 2.19. The van der Waals surface area contributed by atoms with Gasteiger partial charge in [-0.05, 0) is 38.6 Å². The normalized spacial score (nSPS) is 21.9. The Bertz CT molecular complexity index is 329. The van der Waals surface area contributed by atoms with Crippen LogP contribution >= 0.6 is 11.6 Å². The Hall–Kier alpha value is -0.800. The van der Waals surface area contributed by atoms with Crippen molar-refractivity contribution in [3.05, 3.63) is 23.5 Å². The van der Waals surface area contributed by atoms with Gasteiger partial charge >= 0.3 is 0 Å². The van der Waals surface area contributed by atoms with Crippen molar-refractivity contribution in [1.82, 2.24) is 9.88 Å². The largest absolute Gasteiger partial charge is 0.383 e. The van der Waals surface area contributed by atoms with E-state index in [0.717, 1.165) is 12.2 Å². The van der Waals surface area contributed by atoms with E-state index < -0.39 is 0 Å². The lowest BCUT2D eigenvalue weighted by atomic mass is 10.2. The highest BCUT2D eigenvalue weighted by atomic mass is 35.5. The average Bonchev–Trinajstić information content (AvgIpc) is 2.61. The molecular weight excluding hydrogens is 210 g/mol. The van der Waals surface area contributed by atoms with Gasteiger partial charge in [-0.2, -0.15) is 0 Å². The Morgan fingerprint density at radius 2 is 2.53 bits per heavy atom. The molecule has 2 heterocycles. The first-order valence-electron chi connectivity index (χ1n) is 5.31. The molecule has 1 unspecified atom stereocenters. The van der Waals surface area contributed by atoms with Crippen molar-refractivity contribution < 1.29 is 0 Å². The summed E-state index contributed by atoms with van der Waals surface area (Å²) in [5.74, 6) is 0. The Balaban J connectivity index is 1.87. The molecule has 1 N–H and O–H groups in total. The zero-order chi connectivity index (χ0) is 10.7. The molecule has 0 spiro atoms. The predicted octanol–water partition coefficient (Wildman–Crippen LogP) is 2.24. The van der Waals surface area contributed by atoms with Gasteiger partial charge < -0.3 is 10.2 Å². The fourth-order valence-electron chi connectivity index (χ4n) is 1.99. The van der Waals surface area contributed by atoms with E-state index in [4.69, 9.17) is 11.6 Å². The van der Waals surface area contributed by atoms with E-state index in [1.54, 1.807) is 6.20 Å². The molecule has 1 aromatic rings. The van der Waals surface area contributed by atoms with Crippen LogP contribution in [0.15, 0.2) is 18.3 Å². The van der Waals surface area contributed by atoms with Gasteiger partial charge in [0.2, 0.25) is 0 Å². The number of pyridine rings is 1. The topological polar surface area (TPSA) is 28.2 Å². The number of aromatic nitrogens is 1. The van der Waals surface area contributed by atoms with E-state index in [2.05, 4.69) is 22.2 Å². The zero-order valence-electron chi connectivity index (χ0n) is 8.91. The molecule has 0 bridgehead atoms. The van der Waals surface area contributed by atoms with Crippen molar-refractivity contribution >= 4 is 17.3 Å². The van der Waals surface area contributed by atoms with Crippen LogP contribution in [-0.2, 0) is 0 Å². The Morgan fingerprint density at radius 3 is 3.20 bits per heavy atom. The minimum Gasteiger partial charge on any atom is -0.383 e. The summed E-state index contributed by atoms with van der Waals surface area (Å²) in [5, 5.41) is 3.93. The zero-order valence-corrected chi connectivity index (χ0v) is 9.67. The van der Waals surface area contributed by atoms with Crippen LogP contribution in [0.5, 0.6) is 0 Å². The summed E-state index contributed by atoms with van der Waals surface area (Å²) in [6.07, 6.45) is 4.31. The first kappa shape index (κ1) is 10.7.